The first-order valence-electron chi connectivity index (χ1n) is 10.8. The Labute approximate surface area is 198 Å². The van der Waals surface area contributed by atoms with Gasteiger partial charge in [-0.15, -0.1) is 0 Å². The van der Waals surface area contributed by atoms with Crippen molar-refractivity contribution in [2.24, 2.45) is 0 Å². The lowest BCUT2D eigenvalue weighted by molar-refractivity contribution is -0.120. The van der Waals surface area contributed by atoms with Crippen molar-refractivity contribution in [1.82, 2.24) is 0 Å². The second kappa shape index (κ2) is 9.23. The molecule has 7 nitrogen and oxygen atoms in total. The summed E-state index contributed by atoms with van der Waals surface area (Å²) in [5.41, 5.74) is 4.74. The number of nitrogens with zero attached hydrogens (tertiary/aromatic N) is 1. The number of amides is 3. The van der Waals surface area contributed by atoms with Gasteiger partial charge in [-0.05, 0) is 79.1 Å². The molecular weight excluding hydrogens is 430 g/mol. The molecule has 0 fully saturated rings. The van der Waals surface area contributed by atoms with Gasteiger partial charge < -0.3 is 15.4 Å². The van der Waals surface area contributed by atoms with Crippen LogP contribution in [0.15, 0.2) is 72.4 Å². The average Bonchev–Trinajstić information content (AvgIpc) is 3.03. The molecule has 4 rings (SSSR count). The van der Waals surface area contributed by atoms with Gasteiger partial charge in [-0.2, -0.15) is 0 Å². The van der Waals surface area contributed by atoms with E-state index in [1.807, 2.05) is 32.0 Å². The topological polar surface area (TPSA) is 87.7 Å². The Morgan fingerprint density at radius 3 is 1.97 bits per heavy atom. The second-order valence-electron chi connectivity index (χ2n) is 8.15. The maximum absolute atomic E-state index is 13.6. The van der Waals surface area contributed by atoms with Crippen LogP contribution in [0, 0.1) is 13.8 Å². The minimum atomic E-state index is -0.438. The van der Waals surface area contributed by atoms with E-state index in [0.29, 0.717) is 28.4 Å². The minimum Gasteiger partial charge on any atom is -0.497 e. The molecule has 0 saturated heterocycles. The van der Waals surface area contributed by atoms with Crippen molar-refractivity contribution in [3.05, 3.63) is 89.1 Å². The summed E-state index contributed by atoms with van der Waals surface area (Å²) in [7, 11) is 1.57. The summed E-state index contributed by atoms with van der Waals surface area (Å²) in [4.78, 5) is 39.7. The van der Waals surface area contributed by atoms with Gasteiger partial charge in [0.2, 0.25) is 5.91 Å². The quantitative estimate of drug-likeness (QED) is 0.528. The molecule has 1 heterocycles. The Morgan fingerprint density at radius 2 is 1.41 bits per heavy atom. The standard InChI is InChI=1S/C27H25N3O4/c1-16-13-17(2)15-22(14-16)30-26(32)24(19-5-11-23(34-4)12-6-19)25(27(30)33)29-21-9-7-20(8-10-21)28-18(3)31/h5-15,29H,1-4H3,(H,28,31). The van der Waals surface area contributed by atoms with Crippen LogP contribution in [0.2, 0.25) is 0 Å². The second-order valence-corrected chi connectivity index (χ2v) is 8.15. The zero-order chi connectivity index (χ0) is 24.4. The van der Waals surface area contributed by atoms with E-state index in [4.69, 9.17) is 4.74 Å². The number of carbonyl (C=O) groups is 3. The van der Waals surface area contributed by atoms with E-state index in [-0.39, 0.29) is 17.2 Å². The number of nitrogens with one attached hydrogen (secondary N) is 2. The number of ether oxygens (including phenoxy) is 1. The minimum absolute atomic E-state index is 0.175. The molecule has 7 heteroatoms. The predicted octanol–water partition coefficient (Wildman–Crippen LogP) is 4.67. The van der Waals surface area contributed by atoms with Crippen molar-refractivity contribution in [3.8, 4) is 5.75 Å². The molecular formula is C27H25N3O4. The molecule has 172 valence electrons. The Kier molecular flexibility index (Phi) is 6.19. The van der Waals surface area contributed by atoms with Gasteiger partial charge in [0.1, 0.15) is 11.4 Å². The van der Waals surface area contributed by atoms with Crippen LogP contribution in [0.1, 0.15) is 23.6 Å². The predicted molar refractivity (Wildman–Crippen MR) is 133 cm³/mol. The van der Waals surface area contributed by atoms with Crippen molar-refractivity contribution in [3.63, 3.8) is 0 Å². The number of aryl methyl sites for hydroxylation is 2. The highest BCUT2D eigenvalue weighted by Gasteiger charge is 2.40. The maximum Gasteiger partial charge on any atom is 0.282 e. The zero-order valence-electron chi connectivity index (χ0n) is 19.4. The van der Waals surface area contributed by atoms with Gasteiger partial charge in [-0.25, -0.2) is 4.90 Å². The summed E-state index contributed by atoms with van der Waals surface area (Å²) in [6, 6.07) is 19.6. The van der Waals surface area contributed by atoms with Crippen LogP contribution in [0.4, 0.5) is 17.1 Å². The molecule has 0 radical (unpaired) electrons. The smallest absolute Gasteiger partial charge is 0.282 e. The summed E-state index contributed by atoms with van der Waals surface area (Å²) < 4.78 is 5.23. The number of methoxy groups -OCH3 is 1. The third kappa shape index (κ3) is 4.54. The average molecular weight is 456 g/mol. The largest absolute Gasteiger partial charge is 0.497 e. The van der Waals surface area contributed by atoms with Crippen LogP contribution < -0.4 is 20.3 Å². The van der Waals surface area contributed by atoms with Crippen molar-refractivity contribution < 1.29 is 19.1 Å². The highest BCUT2D eigenvalue weighted by Crippen LogP contribution is 2.35. The molecule has 1 aliphatic heterocycles. The van der Waals surface area contributed by atoms with E-state index in [1.54, 1.807) is 55.6 Å². The van der Waals surface area contributed by atoms with E-state index >= 15 is 0 Å². The lowest BCUT2D eigenvalue weighted by Gasteiger charge is -2.17. The lowest BCUT2D eigenvalue weighted by Crippen LogP contribution is -2.32. The fourth-order valence-electron chi connectivity index (χ4n) is 3.97. The van der Waals surface area contributed by atoms with Crippen molar-refractivity contribution in [2.75, 3.05) is 22.6 Å². The van der Waals surface area contributed by atoms with Crippen LogP contribution in [0.5, 0.6) is 5.75 Å². The van der Waals surface area contributed by atoms with Crippen LogP contribution in [0.25, 0.3) is 5.57 Å². The van der Waals surface area contributed by atoms with Gasteiger partial charge in [-0.3, -0.25) is 14.4 Å². The van der Waals surface area contributed by atoms with Crippen molar-refractivity contribution >= 4 is 40.4 Å². The normalized spacial score (nSPS) is 13.4. The summed E-state index contributed by atoms with van der Waals surface area (Å²) in [6.07, 6.45) is 0. The Hall–Kier alpha value is -4.39. The molecule has 0 aromatic heterocycles. The van der Waals surface area contributed by atoms with E-state index < -0.39 is 11.8 Å². The maximum atomic E-state index is 13.6. The molecule has 0 atom stereocenters. The number of rotatable bonds is 6. The first kappa shape index (κ1) is 22.8. The molecule has 0 saturated carbocycles. The molecule has 2 N–H and O–H groups in total. The van der Waals surface area contributed by atoms with Crippen LogP contribution in [-0.2, 0) is 14.4 Å². The summed E-state index contributed by atoms with van der Waals surface area (Å²) >= 11 is 0. The number of anilines is 3. The molecule has 0 spiro atoms. The molecule has 0 aliphatic carbocycles. The zero-order valence-corrected chi connectivity index (χ0v) is 19.4. The molecule has 3 amide bonds. The van der Waals surface area contributed by atoms with Crippen molar-refractivity contribution in [2.45, 2.75) is 20.8 Å². The third-order valence-electron chi connectivity index (χ3n) is 5.40. The van der Waals surface area contributed by atoms with Crippen LogP contribution in [0.3, 0.4) is 0 Å². The number of hydrogen-bond acceptors (Lipinski definition) is 5. The SMILES string of the molecule is COc1ccc(C2=C(Nc3ccc(NC(C)=O)cc3)C(=O)N(c3cc(C)cc(C)c3)C2=O)cc1. The van der Waals surface area contributed by atoms with Gasteiger partial charge in [-0.1, -0.05) is 18.2 Å². The lowest BCUT2D eigenvalue weighted by atomic mass is 10.0. The van der Waals surface area contributed by atoms with E-state index in [0.717, 1.165) is 11.1 Å². The fourth-order valence-corrected chi connectivity index (χ4v) is 3.97. The highest BCUT2D eigenvalue weighted by molar-refractivity contribution is 6.46. The van der Waals surface area contributed by atoms with Gasteiger partial charge in [0.15, 0.2) is 0 Å². The monoisotopic (exact) mass is 455 g/mol. The van der Waals surface area contributed by atoms with Gasteiger partial charge in [0, 0.05) is 18.3 Å². The van der Waals surface area contributed by atoms with E-state index in [1.165, 1.54) is 11.8 Å². The highest BCUT2D eigenvalue weighted by atomic mass is 16.5. The molecule has 3 aromatic carbocycles. The van der Waals surface area contributed by atoms with Crippen LogP contribution in [-0.4, -0.2) is 24.8 Å². The van der Waals surface area contributed by atoms with E-state index in [2.05, 4.69) is 10.6 Å². The summed E-state index contributed by atoms with van der Waals surface area (Å²) in [6.45, 7) is 5.28. The first-order chi connectivity index (χ1) is 16.3. The Morgan fingerprint density at radius 1 is 0.824 bits per heavy atom. The van der Waals surface area contributed by atoms with E-state index in [9.17, 15) is 14.4 Å². The molecule has 0 unspecified atom stereocenters. The molecule has 0 bridgehead atoms. The third-order valence-corrected chi connectivity index (χ3v) is 5.40. The Bertz CT molecular complexity index is 1290. The van der Waals surface area contributed by atoms with Gasteiger partial charge >= 0.3 is 0 Å². The van der Waals surface area contributed by atoms with Gasteiger partial charge in [0.25, 0.3) is 11.8 Å². The molecule has 3 aromatic rings. The number of hydrogen-bond donors (Lipinski definition) is 2. The van der Waals surface area contributed by atoms with Gasteiger partial charge in [0.05, 0.1) is 18.4 Å². The molecule has 1 aliphatic rings. The summed E-state index contributed by atoms with van der Waals surface area (Å²) in [5.74, 6) is -0.370. The van der Waals surface area contributed by atoms with Crippen molar-refractivity contribution in [1.29, 1.82) is 0 Å². The Balaban J connectivity index is 1.76. The summed E-state index contributed by atoms with van der Waals surface area (Å²) in [5, 5.41) is 5.84. The fraction of sp³-hybridized carbons (Fsp3) is 0.148. The first-order valence-corrected chi connectivity index (χ1v) is 10.8. The molecule has 34 heavy (non-hydrogen) atoms. The number of imide groups is 1. The van der Waals surface area contributed by atoms with Crippen LogP contribution >= 0.6 is 0 Å². The number of benzene rings is 3. The number of carbonyl (C=O) groups excluding carboxylic acids is 3.